The van der Waals surface area contributed by atoms with Crippen molar-refractivity contribution in [3.63, 3.8) is 0 Å². The van der Waals surface area contributed by atoms with E-state index in [4.69, 9.17) is 10.2 Å². The molecular formula is C8H19NOSi. The van der Waals surface area contributed by atoms with Crippen molar-refractivity contribution in [2.24, 2.45) is 5.73 Å². The highest BCUT2D eigenvalue weighted by Crippen LogP contribution is 1.93. The molecule has 0 spiro atoms. The molecule has 0 atom stereocenters. The molecular weight excluding hydrogens is 154 g/mol. The molecule has 2 N–H and O–H groups in total. The average Bonchev–Trinajstić information content (AvgIpc) is 2.03. The number of rotatable bonds is 7. The SMILES string of the molecule is CCCCCO[SiH2]CC=CN. The second-order valence-corrected chi connectivity index (χ2v) is 3.93. The summed E-state index contributed by atoms with van der Waals surface area (Å²) in [5.74, 6) is 0. The minimum absolute atomic E-state index is 0.294. The van der Waals surface area contributed by atoms with Crippen molar-refractivity contribution >= 4 is 9.76 Å². The minimum atomic E-state index is -0.294. The maximum absolute atomic E-state index is 5.47. The molecule has 0 saturated heterocycles. The van der Waals surface area contributed by atoms with Crippen molar-refractivity contribution in [1.29, 1.82) is 0 Å². The van der Waals surface area contributed by atoms with Gasteiger partial charge in [0, 0.05) is 6.61 Å². The van der Waals surface area contributed by atoms with Crippen molar-refractivity contribution in [1.82, 2.24) is 0 Å². The average molecular weight is 173 g/mol. The van der Waals surface area contributed by atoms with Gasteiger partial charge in [0.15, 0.2) is 9.76 Å². The summed E-state index contributed by atoms with van der Waals surface area (Å²) in [7, 11) is -0.294. The fraction of sp³-hybridized carbons (Fsp3) is 0.750. The second-order valence-electron chi connectivity index (χ2n) is 2.54. The summed E-state index contributed by atoms with van der Waals surface area (Å²) in [6.07, 6.45) is 7.36. The number of unbranched alkanes of at least 4 members (excludes halogenated alkanes) is 2. The molecule has 0 aliphatic carbocycles. The highest BCUT2D eigenvalue weighted by Gasteiger charge is 1.86. The lowest BCUT2D eigenvalue weighted by Gasteiger charge is -1.99. The maximum atomic E-state index is 5.47. The first-order chi connectivity index (χ1) is 5.41. The second kappa shape index (κ2) is 9.72. The third kappa shape index (κ3) is 9.72. The van der Waals surface area contributed by atoms with Crippen molar-refractivity contribution in [2.45, 2.75) is 32.2 Å². The van der Waals surface area contributed by atoms with E-state index in [1.54, 1.807) is 6.20 Å². The summed E-state index contributed by atoms with van der Waals surface area (Å²) in [4.78, 5) is 0. The van der Waals surface area contributed by atoms with E-state index in [1.165, 1.54) is 19.3 Å². The van der Waals surface area contributed by atoms with E-state index in [1.807, 2.05) is 6.08 Å². The Morgan fingerprint density at radius 2 is 2.27 bits per heavy atom. The van der Waals surface area contributed by atoms with E-state index in [2.05, 4.69) is 6.92 Å². The Balaban J connectivity index is 2.79. The van der Waals surface area contributed by atoms with Gasteiger partial charge in [0.25, 0.3) is 0 Å². The topological polar surface area (TPSA) is 35.2 Å². The van der Waals surface area contributed by atoms with E-state index in [9.17, 15) is 0 Å². The van der Waals surface area contributed by atoms with Crippen LogP contribution in [0.1, 0.15) is 26.2 Å². The fourth-order valence-corrected chi connectivity index (χ4v) is 1.71. The molecule has 0 amide bonds. The van der Waals surface area contributed by atoms with Crippen molar-refractivity contribution in [3.05, 3.63) is 12.3 Å². The van der Waals surface area contributed by atoms with E-state index in [-0.39, 0.29) is 9.76 Å². The molecule has 0 radical (unpaired) electrons. The molecule has 0 fully saturated rings. The predicted molar refractivity (Wildman–Crippen MR) is 52.2 cm³/mol. The third-order valence-corrected chi connectivity index (χ3v) is 2.60. The lowest BCUT2D eigenvalue weighted by Crippen LogP contribution is -1.99. The van der Waals surface area contributed by atoms with Gasteiger partial charge in [0.1, 0.15) is 0 Å². The van der Waals surface area contributed by atoms with Gasteiger partial charge in [-0.15, -0.1) is 0 Å². The Kier molecular flexibility index (Phi) is 9.47. The molecule has 0 heterocycles. The molecule has 0 rings (SSSR count). The Labute approximate surface area is 71.8 Å². The van der Waals surface area contributed by atoms with E-state index in [0.29, 0.717) is 0 Å². The van der Waals surface area contributed by atoms with Crippen LogP contribution in [0.5, 0.6) is 0 Å². The van der Waals surface area contributed by atoms with Crippen LogP contribution in [0.25, 0.3) is 0 Å². The number of hydrogen-bond acceptors (Lipinski definition) is 2. The molecule has 3 heteroatoms. The lowest BCUT2D eigenvalue weighted by molar-refractivity contribution is 0.324. The predicted octanol–water partition coefficient (Wildman–Crippen LogP) is 1.17. The molecule has 0 aliphatic heterocycles. The van der Waals surface area contributed by atoms with Gasteiger partial charge in [-0.25, -0.2) is 0 Å². The molecule has 0 saturated carbocycles. The van der Waals surface area contributed by atoms with Gasteiger partial charge in [-0.05, 0) is 18.7 Å². The molecule has 0 aromatic heterocycles. The lowest BCUT2D eigenvalue weighted by atomic mass is 10.3. The highest BCUT2D eigenvalue weighted by molar-refractivity contribution is 6.27. The number of hydrogen-bond donors (Lipinski definition) is 1. The van der Waals surface area contributed by atoms with Crippen LogP contribution < -0.4 is 5.73 Å². The zero-order valence-electron chi connectivity index (χ0n) is 7.38. The van der Waals surface area contributed by atoms with Crippen LogP contribution in [0, 0.1) is 0 Å². The molecule has 0 aromatic rings. The van der Waals surface area contributed by atoms with Crippen molar-refractivity contribution in [3.8, 4) is 0 Å². The normalized spacial score (nSPS) is 12.1. The zero-order valence-corrected chi connectivity index (χ0v) is 8.80. The fourth-order valence-electron chi connectivity index (χ4n) is 0.804. The Bertz CT molecular complexity index is 96.1. The molecule has 66 valence electrons. The first-order valence-electron chi connectivity index (χ1n) is 4.36. The van der Waals surface area contributed by atoms with E-state index in [0.717, 1.165) is 12.7 Å². The molecule has 0 aromatic carbocycles. The van der Waals surface area contributed by atoms with Crippen LogP contribution in [0.4, 0.5) is 0 Å². The van der Waals surface area contributed by atoms with Gasteiger partial charge in [-0.3, -0.25) is 0 Å². The summed E-state index contributed by atoms with van der Waals surface area (Å²) in [6.45, 7) is 3.16. The summed E-state index contributed by atoms with van der Waals surface area (Å²) in [5.41, 5.74) is 5.18. The molecule has 0 unspecified atom stereocenters. The van der Waals surface area contributed by atoms with Crippen LogP contribution in [-0.2, 0) is 4.43 Å². The van der Waals surface area contributed by atoms with Gasteiger partial charge < -0.3 is 10.2 Å². The first-order valence-corrected chi connectivity index (χ1v) is 5.94. The van der Waals surface area contributed by atoms with Crippen molar-refractivity contribution < 1.29 is 4.43 Å². The van der Waals surface area contributed by atoms with E-state index >= 15 is 0 Å². The van der Waals surface area contributed by atoms with Gasteiger partial charge in [-0.1, -0.05) is 25.8 Å². The number of nitrogens with two attached hydrogens (primary N) is 1. The van der Waals surface area contributed by atoms with Gasteiger partial charge >= 0.3 is 0 Å². The summed E-state index contributed by atoms with van der Waals surface area (Å²) < 4.78 is 5.47. The summed E-state index contributed by atoms with van der Waals surface area (Å²) >= 11 is 0. The Hall–Kier alpha value is -0.283. The smallest absolute Gasteiger partial charge is 0.165 e. The van der Waals surface area contributed by atoms with Crippen molar-refractivity contribution in [2.75, 3.05) is 6.61 Å². The first kappa shape index (κ1) is 10.7. The molecule has 2 nitrogen and oxygen atoms in total. The van der Waals surface area contributed by atoms with Crippen LogP contribution in [0.3, 0.4) is 0 Å². The van der Waals surface area contributed by atoms with Crippen LogP contribution in [0.15, 0.2) is 12.3 Å². The monoisotopic (exact) mass is 173 g/mol. The molecule has 11 heavy (non-hydrogen) atoms. The van der Waals surface area contributed by atoms with Gasteiger partial charge in [0.2, 0.25) is 0 Å². The molecule has 0 aliphatic rings. The Morgan fingerprint density at radius 1 is 1.45 bits per heavy atom. The minimum Gasteiger partial charge on any atom is -0.424 e. The maximum Gasteiger partial charge on any atom is 0.165 e. The van der Waals surface area contributed by atoms with Crippen LogP contribution in [-0.4, -0.2) is 16.4 Å². The quantitative estimate of drug-likeness (QED) is 0.463. The van der Waals surface area contributed by atoms with Gasteiger partial charge in [0.05, 0.1) is 0 Å². The third-order valence-electron chi connectivity index (χ3n) is 1.46. The molecule has 0 bridgehead atoms. The van der Waals surface area contributed by atoms with E-state index < -0.39 is 0 Å². The number of allylic oxidation sites excluding steroid dienone is 1. The highest BCUT2D eigenvalue weighted by atomic mass is 28.2. The standard InChI is InChI=1S/C8H19NOSi/c1-2-3-4-7-10-11-8-5-6-9/h5-6H,2-4,7-9,11H2,1H3. The van der Waals surface area contributed by atoms with Crippen LogP contribution >= 0.6 is 0 Å². The summed E-state index contributed by atoms with van der Waals surface area (Å²) in [6, 6.07) is 1.07. The van der Waals surface area contributed by atoms with Gasteiger partial charge in [-0.2, -0.15) is 0 Å². The van der Waals surface area contributed by atoms with Crippen LogP contribution in [0.2, 0.25) is 6.04 Å². The Morgan fingerprint density at radius 3 is 2.91 bits per heavy atom. The largest absolute Gasteiger partial charge is 0.424 e. The summed E-state index contributed by atoms with van der Waals surface area (Å²) in [5, 5.41) is 0. The zero-order chi connectivity index (χ0) is 8.36.